The summed E-state index contributed by atoms with van der Waals surface area (Å²) in [6, 6.07) is 4.55. The topological polar surface area (TPSA) is 85.9 Å². The molecule has 26 heteroatoms. The fourth-order valence-electron chi connectivity index (χ4n) is 6.20. The summed E-state index contributed by atoms with van der Waals surface area (Å²) < 4.78 is 262. The first-order valence-corrected chi connectivity index (χ1v) is 19.3. The molecule has 6 rings (SSSR count). The Kier molecular flexibility index (Phi) is 23.6. The summed E-state index contributed by atoms with van der Waals surface area (Å²) >= 11 is 0. The van der Waals surface area contributed by atoms with E-state index in [1.54, 1.807) is 5.23 Å². The van der Waals surface area contributed by atoms with Gasteiger partial charge in [0.05, 0.1) is 106 Å². The van der Waals surface area contributed by atoms with Crippen LogP contribution in [0.1, 0.15) is 0 Å². The summed E-state index contributed by atoms with van der Waals surface area (Å²) in [5, 5.41) is 1.56. The van der Waals surface area contributed by atoms with E-state index in [2.05, 4.69) is 0 Å². The molecule has 2 saturated heterocycles. The average Bonchev–Trinajstić information content (AvgIpc) is 3.29. The van der Waals surface area contributed by atoms with E-state index in [1.807, 2.05) is 0 Å². The molecule has 2 heterocycles. The molecule has 9 nitrogen and oxygen atoms in total. The molecule has 0 aromatic heterocycles. The molecule has 0 atom stereocenters. The van der Waals surface area contributed by atoms with Crippen LogP contribution in [0.5, 0.6) is 0 Å². The Balaban J connectivity index is 0.000000375. The van der Waals surface area contributed by atoms with Gasteiger partial charge in [0.25, 0.3) is 0 Å². The quantitative estimate of drug-likeness (QED) is 0.141. The maximum absolute atomic E-state index is 15.3. The predicted molar refractivity (Wildman–Crippen MR) is 200 cm³/mol. The minimum Gasteiger partial charge on any atom is -0.547 e. The summed E-state index contributed by atoms with van der Waals surface area (Å²) in [6.07, 6.45) is -5.84. The van der Waals surface area contributed by atoms with Crippen LogP contribution in [0.15, 0.2) is 30.3 Å². The molecule has 2 aliphatic heterocycles. The van der Waals surface area contributed by atoms with Crippen LogP contribution in [0.2, 0.25) is 0 Å². The van der Waals surface area contributed by atoms with Crippen LogP contribution in [0.4, 0.5) is 71.5 Å². The second kappa shape index (κ2) is 27.7. The molecule has 0 radical (unpaired) electrons. The molecule has 0 amide bonds. The van der Waals surface area contributed by atoms with Gasteiger partial charge in [-0.25, -0.2) is 65.9 Å². The Morgan fingerprint density at radius 1 is 0.273 bits per heavy atom. The number of ether oxygens (including phenoxy) is 8. The Hall–Kier alpha value is -4.03. The van der Waals surface area contributed by atoms with Crippen molar-refractivity contribution in [3.8, 4) is 0 Å². The van der Waals surface area contributed by atoms with Crippen molar-refractivity contribution in [2.75, 3.05) is 111 Å². The number of hydrogen-bond acceptors (Lipinski definition) is 9. The number of nitrogens with one attached hydrogen (secondary N) is 1. The van der Waals surface area contributed by atoms with Crippen molar-refractivity contribution in [3.63, 3.8) is 0 Å². The van der Waals surface area contributed by atoms with Gasteiger partial charge in [0.2, 0.25) is 0 Å². The molecule has 1 N–H and O–H groups in total. The van der Waals surface area contributed by atoms with Gasteiger partial charge in [0, 0.05) is 0 Å². The van der Waals surface area contributed by atoms with E-state index in [1.165, 1.54) is 0 Å². The number of para-hydroxylation sites is 1. The van der Waals surface area contributed by atoms with Gasteiger partial charge in [-0.1, -0.05) is 18.2 Å². The Morgan fingerprint density at radius 2 is 0.439 bits per heavy atom. The van der Waals surface area contributed by atoms with E-state index in [4.69, 9.17) is 37.9 Å². The van der Waals surface area contributed by atoms with Gasteiger partial charge in [-0.15, -0.1) is 16.4 Å². The monoisotopic (exact) mass is 963 g/mol. The van der Waals surface area contributed by atoms with E-state index < -0.39 is 116 Å². The number of anilines is 1. The molecule has 4 aromatic carbocycles. The van der Waals surface area contributed by atoms with Crippen LogP contribution in [0.3, 0.4) is 0 Å². The zero-order valence-corrected chi connectivity index (χ0v) is 34.7. The molecule has 0 spiro atoms. The van der Waals surface area contributed by atoms with Crippen molar-refractivity contribution >= 4 is 28.4 Å². The molecule has 4 aromatic rings. The molecule has 360 valence electrons. The third-order valence-electron chi connectivity index (χ3n) is 9.16. The zero-order chi connectivity index (χ0) is 47.7. The molecule has 2 fully saturated rings. The van der Waals surface area contributed by atoms with Gasteiger partial charge < -0.3 is 43.1 Å². The number of rotatable bonds is 5. The first kappa shape index (κ1) is 56.3. The summed E-state index contributed by atoms with van der Waals surface area (Å²) in [5.41, 5.74) is -9.07. The number of halogens is 15. The number of hydrogen-bond donors (Lipinski definition) is 1. The van der Waals surface area contributed by atoms with Crippen molar-refractivity contribution in [1.29, 1.82) is 0 Å². The van der Waals surface area contributed by atoms with Crippen molar-refractivity contribution < 1.29 is 123 Å². The maximum Gasteiger partial charge on any atom is 1.00 e. The normalized spacial score (nSPS) is 16.0. The van der Waals surface area contributed by atoms with Crippen molar-refractivity contribution in [3.05, 3.63) is 118 Å². The molecule has 2 aliphatic rings. The molecule has 0 aliphatic carbocycles. The van der Waals surface area contributed by atoms with Gasteiger partial charge in [-0.2, -0.15) is 0 Å². The summed E-state index contributed by atoms with van der Waals surface area (Å²) in [7, 11) is 0. The maximum atomic E-state index is 15.3. The molecular formula is C40H38BF15LiNO8. The van der Waals surface area contributed by atoms with E-state index >= 15 is 26.3 Å². The Bertz CT molecular complexity index is 1820. The minimum atomic E-state index is -5.84. The fourth-order valence-corrected chi connectivity index (χ4v) is 6.20. The fraction of sp³-hybridized carbons (Fsp3) is 0.400. The molecule has 0 saturated carbocycles. The van der Waals surface area contributed by atoms with Crippen LogP contribution in [-0.4, -0.2) is 112 Å². The van der Waals surface area contributed by atoms with Gasteiger partial charge in [0.15, 0.2) is 58.6 Å². The minimum absolute atomic E-state index is 0. The summed E-state index contributed by atoms with van der Waals surface area (Å²) in [4.78, 5) is 0. The van der Waals surface area contributed by atoms with Crippen molar-refractivity contribution in [1.82, 2.24) is 0 Å². The van der Waals surface area contributed by atoms with Gasteiger partial charge in [0.1, 0.15) is 34.9 Å². The van der Waals surface area contributed by atoms with Crippen LogP contribution in [0, 0.1) is 87.3 Å². The first-order chi connectivity index (χ1) is 31.1. The van der Waals surface area contributed by atoms with E-state index in [9.17, 15) is 39.5 Å². The first-order valence-electron chi connectivity index (χ1n) is 19.3. The Labute approximate surface area is 378 Å². The van der Waals surface area contributed by atoms with E-state index in [0.717, 1.165) is 30.3 Å². The smallest absolute Gasteiger partial charge is 0.547 e. The van der Waals surface area contributed by atoms with Gasteiger partial charge in [-0.05, 0) is 17.8 Å². The second-order valence-electron chi connectivity index (χ2n) is 13.2. The van der Waals surface area contributed by atoms with E-state index in [-0.39, 0.29) is 18.9 Å². The molecule has 66 heavy (non-hydrogen) atoms. The van der Waals surface area contributed by atoms with Crippen molar-refractivity contribution in [2.45, 2.75) is 0 Å². The molecule has 0 bridgehead atoms. The van der Waals surface area contributed by atoms with Crippen LogP contribution >= 0.6 is 0 Å². The van der Waals surface area contributed by atoms with Crippen LogP contribution in [0.25, 0.3) is 0 Å². The summed E-state index contributed by atoms with van der Waals surface area (Å²) in [5.74, 6) is -45.9. The van der Waals surface area contributed by atoms with Crippen LogP contribution in [-0.2, 0) is 37.9 Å². The predicted octanol–water partition coefficient (Wildman–Crippen LogP) is 2.99. The zero-order valence-electron chi connectivity index (χ0n) is 34.7. The second-order valence-corrected chi connectivity index (χ2v) is 13.2. The van der Waals surface area contributed by atoms with Crippen LogP contribution < -0.4 is 40.5 Å². The standard InChI is InChI=1S/C24H6BF15N.2C8H16O4.Li/c26-10-7(11(27)17(33)22(38)16(10)32)25(41-6-4-2-1-3-5-6,8-12(28)18(34)23(39)19(35)13(8)29)9-14(30)20(36)24(40)21(37)15(9)31;2*1-2-10-5-6-12-8-7-11-4-3-9-1;/h1-5,41H;2*1-8H2;/q-1;;;+1. The number of benzene rings is 4. The third kappa shape index (κ3) is 13.8. The van der Waals surface area contributed by atoms with Crippen molar-refractivity contribution in [2.24, 2.45) is 0 Å². The molecule has 0 unspecified atom stereocenters. The van der Waals surface area contributed by atoms with Gasteiger partial charge in [-0.3, -0.25) is 0 Å². The van der Waals surface area contributed by atoms with E-state index in [0.29, 0.717) is 106 Å². The van der Waals surface area contributed by atoms with Gasteiger partial charge >= 0.3 is 18.9 Å². The third-order valence-corrected chi connectivity index (χ3v) is 9.16. The summed E-state index contributed by atoms with van der Waals surface area (Å²) in [6.45, 7) is 10.3. The Morgan fingerprint density at radius 3 is 0.621 bits per heavy atom. The largest absolute Gasteiger partial charge is 1.00 e. The average molecular weight is 963 g/mol. The molecular weight excluding hydrogens is 925 g/mol. The SMILES string of the molecule is C1COCCOCCOCCO1.C1COCCOCCOCCO1.Fc1c(F)c(F)c([B-](Nc2ccccc2)(c2c(F)c(F)c(F)c(F)c2F)c2c(F)c(F)c(F)c(F)c2F)c(F)c1F.[Li+].